The van der Waals surface area contributed by atoms with E-state index in [1.54, 1.807) is 10.9 Å². The first-order valence-corrected chi connectivity index (χ1v) is 11.8. The monoisotopic (exact) mass is 472 g/mol. The van der Waals surface area contributed by atoms with Gasteiger partial charge in [-0.15, -0.1) is 0 Å². The van der Waals surface area contributed by atoms with E-state index in [-0.39, 0.29) is 12.5 Å². The van der Waals surface area contributed by atoms with Gasteiger partial charge in [0.2, 0.25) is 5.91 Å². The highest BCUT2D eigenvalue weighted by atomic mass is 16.5. The van der Waals surface area contributed by atoms with Crippen LogP contribution >= 0.6 is 0 Å². The fourth-order valence-corrected chi connectivity index (χ4v) is 4.27. The van der Waals surface area contributed by atoms with Crippen molar-refractivity contribution in [2.24, 2.45) is 0 Å². The molecule has 0 atom stereocenters. The molecular weight excluding hydrogens is 444 g/mol. The number of carbonyl (C=O) groups excluding carboxylic acids is 1. The molecular formula is C25H28N8O2. The van der Waals surface area contributed by atoms with Gasteiger partial charge >= 0.3 is 0 Å². The molecule has 0 bridgehead atoms. The van der Waals surface area contributed by atoms with Gasteiger partial charge in [0.05, 0.1) is 18.2 Å². The number of carbonyl (C=O) groups is 1. The Labute approximate surface area is 203 Å². The van der Waals surface area contributed by atoms with Gasteiger partial charge in [0.15, 0.2) is 5.65 Å². The van der Waals surface area contributed by atoms with Crippen LogP contribution in [0.2, 0.25) is 0 Å². The van der Waals surface area contributed by atoms with Crippen molar-refractivity contribution in [3.05, 3.63) is 66.7 Å². The summed E-state index contributed by atoms with van der Waals surface area (Å²) in [7, 11) is 0. The number of hydrogen-bond donors (Lipinski definition) is 1. The van der Waals surface area contributed by atoms with Gasteiger partial charge in [-0.2, -0.15) is 5.10 Å². The summed E-state index contributed by atoms with van der Waals surface area (Å²) in [6, 6.07) is 13.7. The van der Waals surface area contributed by atoms with Crippen LogP contribution in [0.15, 0.2) is 61.2 Å². The zero-order valence-electron chi connectivity index (χ0n) is 19.7. The number of anilines is 2. The molecule has 180 valence electrons. The number of pyridine rings is 1. The third-order valence-corrected chi connectivity index (χ3v) is 6.01. The van der Waals surface area contributed by atoms with E-state index in [9.17, 15) is 4.79 Å². The van der Waals surface area contributed by atoms with Crippen LogP contribution in [0.1, 0.15) is 12.5 Å². The van der Waals surface area contributed by atoms with E-state index >= 15 is 0 Å². The molecule has 0 unspecified atom stereocenters. The van der Waals surface area contributed by atoms with E-state index < -0.39 is 0 Å². The second kappa shape index (κ2) is 10.4. The molecule has 1 aliphatic rings. The summed E-state index contributed by atoms with van der Waals surface area (Å²) in [6.45, 7) is 6.30. The highest BCUT2D eigenvalue weighted by Gasteiger charge is 2.22. The number of para-hydroxylation sites is 1. The van der Waals surface area contributed by atoms with Gasteiger partial charge in [-0.25, -0.2) is 19.6 Å². The van der Waals surface area contributed by atoms with Gasteiger partial charge in [0.25, 0.3) is 0 Å². The van der Waals surface area contributed by atoms with Crippen molar-refractivity contribution >= 4 is 28.6 Å². The van der Waals surface area contributed by atoms with Crippen molar-refractivity contribution in [2.75, 3.05) is 42.6 Å². The minimum atomic E-state index is -0.148. The van der Waals surface area contributed by atoms with Gasteiger partial charge < -0.3 is 19.9 Å². The van der Waals surface area contributed by atoms with E-state index in [2.05, 4.69) is 35.2 Å². The van der Waals surface area contributed by atoms with Crippen LogP contribution in [0.5, 0.6) is 5.75 Å². The molecule has 1 fully saturated rings. The Kier molecular flexibility index (Phi) is 6.69. The number of amides is 1. The Bertz CT molecular complexity index is 1290. The van der Waals surface area contributed by atoms with Gasteiger partial charge in [-0.05, 0) is 25.1 Å². The van der Waals surface area contributed by atoms with Crippen LogP contribution in [0.25, 0.3) is 11.0 Å². The minimum absolute atomic E-state index is 0.0736. The Morgan fingerprint density at radius 3 is 2.60 bits per heavy atom. The van der Waals surface area contributed by atoms with Gasteiger partial charge in [-0.1, -0.05) is 24.3 Å². The first-order chi connectivity index (χ1) is 17.2. The molecule has 1 N–H and O–H groups in total. The second-order valence-electron chi connectivity index (χ2n) is 8.22. The van der Waals surface area contributed by atoms with Gasteiger partial charge in [0.1, 0.15) is 30.3 Å². The van der Waals surface area contributed by atoms with Crippen LogP contribution in [0, 0.1) is 0 Å². The molecule has 4 aromatic rings. The Morgan fingerprint density at radius 1 is 1.00 bits per heavy atom. The lowest BCUT2D eigenvalue weighted by molar-refractivity contribution is -0.121. The molecule has 5 rings (SSSR count). The highest BCUT2D eigenvalue weighted by molar-refractivity contribution is 5.88. The maximum Gasteiger partial charge on any atom is 0.242 e. The van der Waals surface area contributed by atoms with E-state index in [0.717, 1.165) is 54.5 Å². The number of ether oxygens (including phenoxy) is 1. The van der Waals surface area contributed by atoms with Crippen molar-refractivity contribution in [3.8, 4) is 5.75 Å². The zero-order chi connectivity index (χ0) is 24.0. The summed E-state index contributed by atoms with van der Waals surface area (Å²) >= 11 is 0. The number of hydrogen-bond acceptors (Lipinski definition) is 8. The summed E-state index contributed by atoms with van der Waals surface area (Å²) < 4.78 is 7.26. The van der Waals surface area contributed by atoms with Crippen molar-refractivity contribution < 1.29 is 9.53 Å². The normalized spacial score (nSPS) is 13.7. The third kappa shape index (κ3) is 5.01. The van der Waals surface area contributed by atoms with Gasteiger partial charge in [-0.3, -0.25) is 4.79 Å². The van der Waals surface area contributed by atoms with Gasteiger partial charge in [0, 0.05) is 44.5 Å². The first kappa shape index (κ1) is 22.6. The summed E-state index contributed by atoms with van der Waals surface area (Å²) in [6.07, 6.45) is 5.10. The highest BCUT2D eigenvalue weighted by Crippen LogP contribution is 2.24. The first-order valence-electron chi connectivity index (χ1n) is 11.8. The smallest absolute Gasteiger partial charge is 0.242 e. The average Bonchev–Trinajstić information content (AvgIpc) is 3.32. The van der Waals surface area contributed by atoms with E-state index in [4.69, 9.17) is 4.74 Å². The molecule has 0 spiro atoms. The van der Waals surface area contributed by atoms with Crippen LogP contribution in [-0.4, -0.2) is 63.4 Å². The van der Waals surface area contributed by atoms with Crippen molar-refractivity contribution in [3.63, 3.8) is 0 Å². The number of aromatic nitrogens is 5. The molecule has 0 saturated carbocycles. The number of fused-ring (bicyclic) bond motifs is 1. The topological polar surface area (TPSA) is 101 Å². The summed E-state index contributed by atoms with van der Waals surface area (Å²) in [5.41, 5.74) is 1.58. The van der Waals surface area contributed by atoms with E-state index in [1.165, 1.54) is 6.33 Å². The zero-order valence-corrected chi connectivity index (χ0v) is 19.7. The standard InChI is InChI=1S/C25H28N8O2/c1-2-35-21-8-4-3-7-19(21)15-27-23(34)17-33-25-20(16-30-33)24(28-18-29-25)32-13-11-31(12-14-32)22-9-5-6-10-26-22/h3-10,16,18H,2,11-15,17H2,1H3,(H,27,34). The Hall–Kier alpha value is -4.21. The SMILES string of the molecule is CCOc1ccccc1CNC(=O)Cn1ncc2c(N3CCN(c4ccccn4)CC3)ncnc21. The predicted molar refractivity (Wildman–Crippen MR) is 133 cm³/mol. The lowest BCUT2D eigenvalue weighted by Gasteiger charge is -2.36. The lowest BCUT2D eigenvalue weighted by Crippen LogP contribution is -2.47. The molecule has 4 heterocycles. The Balaban J connectivity index is 1.24. The molecule has 1 amide bonds. The largest absolute Gasteiger partial charge is 0.494 e. The molecule has 35 heavy (non-hydrogen) atoms. The van der Waals surface area contributed by atoms with Crippen LogP contribution in [-0.2, 0) is 17.9 Å². The third-order valence-electron chi connectivity index (χ3n) is 6.01. The quantitative estimate of drug-likeness (QED) is 0.417. The minimum Gasteiger partial charge on any atom is -0.494 e. The maximum absolute atomic E-state index is 12.7. The molecule has 1 saturated heterocycles. The maximum atomic E-state index is 12.7. The van der Waals surface area contributed by atoms with Crippen molar-refractivity contribution in [1.29, 1.82) is 0 Å². The van der Waals surface area contributed by atoms with Crippen LogP contribution in [0.3, 0.4) is 0 Å². The summed E-state index contributed by atoms with van der Waals surface area (Å²) in [4.78, 5) is 30.6. The Morgan fingerprint density at radius 2 is 1.80 bits per heavy atom. The lowest BCUT2D eigenvalue weighted by atomic mass is 10.2. The number of nitrogens with zero attached hydrogens (tertiary/aromatic N) is 7. The van der Waals surface area contributed by atoms with Crippen molar-refractivity contribution in [1.82, 2.24) is 30.0 Å². The number of piperazine rings is 1. The average molecular weight is 473 g/mol. The fourth-order valence-electron chi connectivity index (χ4n) is 4.27. The van der Waals surface area contributed by atoms with Crippen molar-refractivity contribution in [2.45, 2.75) is 20.0 Å². The van der Waals surface area contributed by atoms with Crippen LogP contribution in [0.4, 0.5) is 11.6 Å². The molecule has 10 nitrogen and oxygen atoms in total. The summed E-state index contributed by atoms with van der Waals surface area (Å²) in [5.74, 6) is 2.46. The molecule has 1 aromatic carbocycles. The number of benzene rings is 1. The molecule has 0 aliphatic carbocycles. The van der Waals surface area contributed by atoms with Crippen LogP contribution < -0.4 is 19.9 Å². The van der Waals surface area contributed by atoms with E-state index in [0.29, 0.717) is 18.8 Å². The molecule has 1 aliphatic heterocycles. The number of nitrogens with one attached hydrogen (secondary N) is 1. The van der Waals surface area contributed by atoms with E-state index in [1.807, 2.05) is 55.6 Å². The predicted octanol–water partition coefficient (Wildman–Crippen LogP) is 2.26. The molecule has 3 aromatic heterocycles. The summed E-state index contributed by atoms with van der Waals surface area (Å²) in [5, 5.41) is 8.23. The number of rotatable bonds is 8. The second-order valence-corrected chi connectivity index (χ2v) is 8.22. The molecule has 0 radical (unpaired) electrons. The fraction of sp³-hybridized carbons (Fsp3) is 0.320. The molecule has 10 heteroatoms.